The lowest BCUT2D eigenvalue weighted by atomic mass is 10.1. The molecule has 6 heteroatoms. The number of hydrogen-bond donors (Lipinski definition) is 1. The maximum Gasteiger partial charge on any atom is 0.224 e. The van der Waals surface area contributed by atoms with Crippen LogP contribution in [0, 0.1) is 0 Å². The summed E-state index contributed by atoms with van der Waals surface area (Å²) >= 11 is 0. The molecule has 36 heavy (non-hydrogen) atoms. The van der Waals surface area contributed by atoms with Gasteiger partial charge in [0.05, 0.1) is 20.1 Å². The van der Waals surface area contributed by atoms with Crippen molar-refractivity contribution in [1.82, 2.24) is 5.32 Å². The number of hydrogen-bond acceptors (Lipinski definition) is 3. The molecular weight excluding hydrogens is 563 g/mol. The Bertz CT molecular complexity index is 843. The average Bonchev–Trinajstić information content (AvgIpc) is 2.87. The summed E-state index contributed by atoms with van der Waals surface area (Å²) in [6.45, 7) is 3.51. The van der Waals surface area contributed by atoms with Crippen LogP contribution in [-0.2, 0) is 24.8 Å². The second-order valence-corrected chi connectivity index (χ2v) is 9.54. The Kier molecular flexibility index (Phi) is 18.1. The normalized spacial score (nSPS) is 10.5. The Balaban J connectivity index is 0.00000648. The number of ether oxygens (including phenoxy) is 2. The smallest absolute Gasteiger partial charge is 0.224 e. The summed E-state index contributed by atoms with van der Waals surface area (Å²) in [5, 5.41) is 2.98. The fourth-order valence-corrected chi connectivity index (χ4v) is 4.18. The van der Waals surface area contributed by atoms with Crippen LogP contribution in [-0.4, -0.2) is 19.6 Å². The number of rotatable bonds is 19. The third-order valence-electron chi connectivity index (χ3n) is 6.41. The molecule has 0 aliphatic carbocycles. The molecule has 0 atom stereocenters. The van der Waals surface area contributed by atoms with Gasteiger partial charge in [0.15, 0.2) is 12.4 Å². The third kappa shape index (κ3) is 14.0. The molecule has 0 aliphatic rings. The van der Waals surface area contributed by atoms with Gasteiger partial charge in [-0.3, -0.25) is 4.79 Å². The minimum absolute atomic E-state index is 0. The number of amides is 1. The first-order chi connectivity index (χ1) is 17.1. The number of aromatic nitrogens is 1. The van der Waals surface area contributed by atoms with E-state index in [2.05, 4.69) is 12.2 Å². The van der Waals surface area contributed by atoms with Crippen LogP contribution in [0.15, 0.2) is 42.7 Å². The Labute approximate surface area is 236 Å². The number of aryl methyl sites for hydroxylation is 1. The molecule has 0 unspecified atom stereocenters. The first kappa shape index (κ1) is 32.2. The molecule has 1 heterocycles. The minimum atomic E-state index is -0.0262. The van der Waals surface area contributed by atoms with Gasteiger partial charge < -0.3 is 38.8 Å². The predicted octanol–water partition coefficient (Wildman–Crippen LogP) is 3.46. The van der Waals surface area contributed by atoms with Crippen LogP contribution < -0.4 is 43.3 Å². The van der Waals surface area contributed by atoms with E-state index in [0.717, 1.165) is 29.9 Å². The number of pyridine rings is 1. The van der Waals surface area contributed by atoms with Gasteiger partial charge in [-0.15, -0.1) is 0 Å². The third-order valence-corrected chi connectivity index (χ3v) is 6.41. The van der Waals surface area contributed by atoms with Gasteiger partial charge in [-0.25, -0.2) is 4.57 Å². The fraction of sp³-hybridized carbons (Fsp3) is 0.600. The highest BCUT2D eigenvalue weighted by Gasteiger charge is 2.10. The maximum atomic E-state index is 12.4. The molecule has 0 aliphatic heterocycles. The summed E-state index contributed by atoms with van der Waals surface area (Å²) in [6.07, 6.45) is 20.2. The zero-order chi connectivity index (χ0) is 25.1. The van der Waals surface area contributed by atoms with Crippen LogP contribution in [0.4, 0.5) is 0 Å². The zero-order valence-corrected chi connectivity index (χ0v) is 24.9. The minimum Gasteiger partial charge on any atom is -1.00 e. The summed E-state index contributed by atoms with van der Waals surface area (Å²) in [7, 11) is 3.61. The molecular formula is C30H47IN2O3. The Morgan fingerprint density at radius 2 is 1.44 bits per heavy atom. The number of carbonyl (C=O) groups excluding carboxylic acids is 1. The lowest BCUT2D eigenvalue weighted by Crippen LogP contribution is -3.00. The summed E-state index contributed by atoms with van der Waals surface area (Å²) in [5.74, 6) is 1.46. The van der Waals surface area contributed by atoms with E-state index in [1.54, 1.807) is 7.11 Å². The molecule has 1 aromatic heterocycles. The molecule has 202 valence electrons. The fourth-order valence-electron chi connectivity index (χ4n) is 4.18. The van der Waals surface area contributed by atoms with Crippen molar-refractivity contribution in [2.24, 2.45) is 7.05 Å². The van der Waals surface area contributed by atoms with Crippen LogP contribution in [0.5, 0.6) is 11.5 Å². The van der Waals surface area contributed by atoms with Crippen LogP contribution >= 0.6 is 0 Å². The van der Waals surface area contributed by atoms with Crippen LogP contribution in [0.2, 0.25) is 0 Å². The molecule has 0 saturated carbocycles. The first-order valence-electron chi connectivity index (χ1n) is 13.6. The number of halogens is 1. The molecule has 1 N–H and O–H groups in total. The highest BCUT2D eigenvalue weighted by atomic mass is 127. The Morgan fingerprint density at radius 3 is 2.03 bits per heavy atom. The SMILES string of the molecule is CCCCCCCCCCCCCCOc1ccc(CC(=O)NCc2cc[n+](C)cc2)c(OC)c1.[I-]. The largest absolute Gasteiger partial charge is 1.00 e. The molecule has 1 aromatic carbocycles. The summed E-state index contributed by atoms with van der Waals surface area (Å²) in [5.41, 5.74) is 1.94. The van der Waals surface area contributed by atoms with E-state index in [1.165, 1.54) is 70.6 Å². The highest BCUT2D eigenvalue weighted by Crippen LogP contribution is 2.25. The molecule has 5 nitrogen and oxygen atoms in total. The van der Waals surface area contributed by atoms with E-state index in [-0.39, 0.29) is 36.3 Å². The molecule has 2 rings (SSSR count). The number of benzene rings is 1. The number of methoxy groups -OCH3 is 1. The predicted molar refractivity (Wildman–Crippen MR) is 143 cm³/mol. The van der Waals surface area contributed by atoms with Gasteiger partial charge in [-0.05, 0) is 18.1 Å². The quantitative estimate of drug-likeness (QED) is 0.151. The lowest BCUT2D eigenvalue weighted by molar-refractivity contribution is -0.671. The van der Waals surface area contributed by atoms with Crippen LogP contribution in [0.1, 0.15) is 95.1 Å². The van der Waals surface area contributed by atoms with Gasteiger partial charge in [0.25, 0.3) is 0 Å². The molecule has 0 spiro atoms. The molecule has 2 aromatic rings. The van der Waals surface area contributed by atoms with Crippen molar-refractivity contribution >= 4 is 5.91 Å². The molecule has 0 fully saturated rings. The van der Waals surface area contributed by atoms with Crippen LogP contribution in [0.25, 0.3) is 0 Å². The number of carbonyl (C=O) groups is 1. The van der Waals surface area contributed by atoms with Crippen molar-refractivity contribution in [3.8, 4) is 11.5 Å². The average molecular weight is 611 g/mol. The summed E-state index contributed by atoms with van der Waals surface area (Å²) in [6, 6.07) is 9.76. The summed E-state index contributed by atoms with van der Waals surface area (Å²) in [4.78, 5) is 12.4. The van der Waals surface area contributed by atoms with Crippen molar-refractivity contribution in [3.63, 3.8) is 0 Å². The maximum absolute atomic E-state index is 12.4. The van der Waals surface area contributed by atoms with Gasteiger partial charge in [-0.2, -0.15) is 0 Å². The van der Waals surface area contributed by atoms with E-state index >= 15 is 0 Å². The molecule has 0 saturated heterocycles. The van der Waals surface area contributed by atoms with Gasteiger partial charge >= 0.3 is 0 Å². The van der Waals surface area contributed by atoms with Gasteiger partial charge in [0.2, 0.25) is 5.91 Å². The molecule has 0 radical (unpaired) electrons. The van der Waals surface area contributed by atoms with Crippen LogP contribution in [0.3, 0.4) is 0 Å². The van der Waals surface area contributed by atoms with E-state index in [4.69, 9.17) is 9.47 Å². The second-order valence-electron chi connectivity index (χ2n) is 9.54. The lowest BCUT2D eigenvalue weighted by Gasteiger charge is -2.12. The van der Waals surface area contributed by atoms with E-state index in [0.29, 0.717) is 12.3 Å². The first-order valence-corrected chi connectivity index (χ1v) is 13.6. The van der Waals surface area contributed by atoms with Gasteiger partial charge in [0, 0.05) is 30.3 Å². The van der Waals surface area contributed by atoms with E-state index in [1.807, 2.05) is 54.3 Å². The van der Waals surface area contributed by atoms with Crippen molar-refractivity contribution in [1.29, 1.82) is 0 Å². The van der Waals surface area contributed by atoms with Crippen molar-refractivity contribution in [2.75, 3.05) is 13.7 Å². The summed E-state index contributed by atoms with van der Waals surface area (Å²) < 4.78 is 13.4. The second kappa shape index (κ2) is 20.3. The molecule has 0 bridgehead atoms. The van der Waals surface area contributed by atoms with Gasteiger partial charge in [0.1, 0.15) is 18.5 Å². The van der Waals surface area contributed by atoms with E-state index < -0.39 is 0 Å². The van der Waals surface area contributed by atoms with Gasteiger partial charge in [-0.1, -0.05) is 83.6 Å². The molecule has 1 amide bonds. The number of nitrogens with one attached hydrogen (secondary N) is 1. The monoisotopic (exact) mass is 610 g/mol. The number of unbranched alkanes of at least 4 members (excludes halogenated alkanes) is 11. The van der Waals surface area contributed by atoms with Crippen molar-refractivity contribution < 1.29 is 42.8 Å². The topological polar surface area (TPSA) is 51.4 Å². The number of nitrogens with zero attached hydrogens (tertiary/aromatic N) is 1. The Hall–Kier alpha value is -1.83. The van der Waals surface area contributed by atoms with Crippen molar-refractivity contribution in [3.05, 3.63) is 53.9 Å². The standard InChI is InChI=1S/C30H46N2O3.HI/c1-4-5-6-7-8-9-10-11-12-13-14-15-22-35-28-17-16-27(29(24-28)34-3)23-30(33)31-25-26-18-20-32(2)21-19-26;/h16-21,24H,4-15,22-23,25H2,1-3H3;1H. The van der Waals surface area contributed by atoms with Crippen molar-refractivity contribution in [2.45, 2.75) is 96.9 Å². The zero-order valence-electron chi connectivity index (χ0n) is 22.7. The van der Waals surface area contributed by atoms with E-state index in [9.17, 15) is 4.79 Å². The Morgan fingerprint density at radius 1 is 0.861 bits per heavy atom. The highest BCUT2D eigenvalue weighted by molar-refractivity contribution is 5.79.